The molecule has 0 aliphatic carbocycles. The van der Waals surface area contributed by atoms with E-state index in [0.29, 0.717) is 16.0 Å². The van der Waals surface area contributed by atoms with Crippen LogP contribution < -0.4 is 10.1 Å². The summed E-state index contributed by atoms with van der Waals surface area (Å²) in [5.41, 5.74) is 2.26. The summed E-state index contributed by atoms with van der Waals surface area (Å²) in [6, 6.07) is 13.7. The second-order valence-electron chi connectivity index (χ2n) is 8.57. The van der Waals surface area contributed by atoms with Crippen molar-refractivity contribution >= 4 is 25.8 Å². The van der Waals surface area contributed by atoms with Gasteiger partial charge in [-0.15, -0.1) is 0 Å². The van der Waals surface area contributed by atoms with Crippen molar-refractivity contribution in [2.24, 2.45) is 0 Å². The summed E-state index contributed by atoms with van der Waals surface area (Å²) in [7, 11) is -1.85. The Balaban J connectivity index is 2.25. The van der Waals surface area contributed by atoms with Crippen molar-refractivity contribution in [1.82, 2.24) is 5.32 Å². The van der Waals surface area contributed by atoms with Crippen molar-refractivity contribution in [1.29, 1.82) is 0 Å². The Bertz CT molecular complexity index is 968. The lowest BCUT2D eigenvalue weighted by atomic mass is 9.86. The van der Waals surface area contributed by atoms with Gasteiger partial charge in [-0.2, -0.15) is 0 Å². The Kier molecular flexibility index (Phi) is 8.22. The molecular formula is C25H34BrNO3S. The van der Waals surface area contributed by atoms with E-state index in [-0.39, 0.29) is 11.8 Å². The molecule has 1 aliphatic rings. The smallest absolute Gasteiger partial charge is 0.180 e. The maximum absolute atomic E-state index is 13.8. The molecule has 3 rings (SSSR count). The fraction of sp³-hybridized carbons (Fsp3) is 0.520. The summed E-state index contributed by atoms with van der Waals surface area (Å²) in [4.78, 5) is 0.430. The molecule has 0 amide bonds. The van der Waals surface area contributed by atoms with E-state index >= 15 is 0 Å². The van der Waals surface area contributed by atoms with Crippen molar-refractivity contribution < 1.29 is 13.2 Å². The molecule has 31 heavy (non-hydrogen) atoms. The number of nitrogens with one attached hydrogen (secondary N) is 1. The predicted molar refractivity (Wildman–Crippen MR) is 131 cm³/mol. The average Bonchev–Trinajstić information content (AvgIpc) is 2.88. The van der Waals surface area contributed by atoms with Crippen molar-refractivity contribution in [3.63, 3.8) is 0 Å². The quantitative estimate of drug-likeness (QED) is 0.412. The molecule has 0 bridgehead atoms. The summed E-state index contributed by atoms with van der Waals surface area (Å²) in [5.74, 6) is 0.841. The summed E-state index contributed by atoms with van der Waals surface area (Å²) in [6.07, 6.45) is 5.78. The molecule has 4 nitrogen and oxygen atoms in total. The summed E-state index contributed by atoms with van der Waals surface area (Å²) < 4.78 is 33.2. The number of benzene rings is 2. The number of unbranched alkanes of at least 4 members (excludes halogenated alkanes) is 2. The van der Waals surface area contributed by atoms with Gasteiger partial charge < -0.3 is 4.74 Å². The van der Waals surface area contributed by atoms with Gasteiger partial charge in [0.15, 0.2) is 9.84 Å². The maximum atomic E-state index is 13.8. The SMILES string of the molecule is CCCCC1(CCCC)CS(=O)(=O)c2cc(CBr)c(OC)cc2C(c2ccccc2)N1. The van der Waals surface area contributed by atoms with Crippen LogP contribution in [0.5, 0.6) is 5.75 Å². The zero-order valence-electron chi connectivity index (χ0n) is 18.8. The fourth-order valence-electron chi connectivity index (χ4n) is 4.63. The number of sulfone groups is 1. The number of hydrogen-bond donors (Lipinski definition) is 1. The normalized spacial score (nSPS) is 19.4. The Morgan fingerprint density at radius 1 is 1.10 bits per heavy atom. The van der Waals surface area contributed by atoms with Gasteiger partial charge in [0.25, 0.3) is 0 Å². The molecule has 0 fully saturated rings. The van der Waals surface area contributed by atoms with Crippen molar-refractivity contribution in [3.8, 4) is 5.75 Å². The van der Waals surface area contributed by atoms with E-state index in [2.05, 4.69) is 47.2 Å². The molecular weight excluding hydrogens is 474 g/mol. The zero-order valence-corrected chi connectivity index (χ0v) is 21.2. The molecule has 1 atom stereocenters. The van der Waals surface area contributed by atoms with E-state index in [4.69, 9.17) is 4.74 Å². The van der Waals surface area contributed by atoms with Gasteiger partial charge in [0.05, 0.1) is 23.8 Å². The highest BCUT2D eigenvalue weighted by Gasteiger charge is 2.42. The van der Waals surface area contributed by atoms with Gasteiger partial charge >= 0.3 is 0 Å². The highest BCUT2D eigenvalue weighted by Crippen LogP contribution is 2.41. The van der Waals surface area contributed by atoms with Crippen LogP contribution in [-0.2, 0) is 15.2 Å². The standard InChI is InChI=1S/C25H34BrNO3S/c1-4-6-13-25(14-7-5-2)18-31(28,29)23-15-20(17-26)22(30-3)16-21(23)24(27-25)19-11-9-8-10-12-19/h8-12,15-16,24,27H,4-7,13-14,17-18H2,1-3H3. The molecule has 170 valence electrons. The first-order valence-electron chi connectivity index (χ1n) is 11.2. The Morgan fingerprint density at radius 2 is 1.74 bits per heavy atom. The fourth-order valence-corrected chi connectivity index (χ4v) is 7.18. The van der Waals surface area contributed by atoms with Gasteiger partial charge in [0, 0.05) is 16.4 Å². The lowest BCUT2D eigenvalue weighted by molar-refractivity contribution is 0.278. The number of hydrogen-bond acceptors (Lipinski definition) is 4. The van der Waals surface area contributed by atoms with E-state index in [1.54, 1.807) is 7.11 Å². The second kappa shape index (κ2) is 10.5. The van der Waals surface area contributed by atoms with Gasteiger partial charge in [0.1, 0.15) is 5.75 Å². The van der Waals surface area contributed by atoms with Crippen molar-refractivity contribution in [3.05, 3.63) is 59.2 Å². The largest absolute Gasteiger partial charge is 0.496 e. The molecule has 2 aromatic rings. The van der Waals surface area contributed by atoms with Crippen LogP contribution in [0.2, 0.25) is 0 Å². The number of alkyl halides is 1. The van der Waals surface area contributed by atoms with Crippen LogP contribution in [0.15, 0.2) is 47.4 Å². The molecule has 0 radical (unpaired) electrons. The van der Waals surface area contributed by atoms with Gasteiger partial charge in [0.2, 0.25) is 0 Å². The zero-order chi connectivity index (χ0) is 22.5. The Hall–Kier alpha value is -1.37. The molecule has 0 saturated carbocycles. The molecule has 1 unspecified atom stereocenters. The lowest BCUT2D eigenvalue weighted by Gasteiger charge is -2.37. The van der Waals surface area contributed by atoms with Crippen LogP contribution in [0.25, 0.3) is 0 Å². The third-order valence-corrected chi connectivity index (χ3v) is 8.83. The minimum Gasteiger partial charge on any atom is -0.496 e. The van der Waals surface area contributed by atoms with Crippen LogP contribution >= 0.6 is 15.9 Å². The summed E-state index contributed by atoms with van der Waals surface area (Å²) >= 11 is 3.49. The van der Waals surface area contributed by atoms with Gasteiger partial charge in [-0.05, 0) is 36.1 Å². The molecule has 0 spiro atoms. The van der Waals surface area contributed by atoms with E-state index in [1.165, 1.54) is 0 Å². The lowest BCUT2D eigenvalue weighted by Crippen LogP contribution is -2.50. The first kappa shape index (κ1) is 24.3. The number of methoxy groups -OCH3 is 1. The van der Waals surface area contributed by atoms with Crippen LogP contribution in [0, 0.1) is 0 Å². The Morgan fingerprint density at radius 3 is 2.29 bits per heavy atom. The van der Waals surface area contributed by atoms with Gasteiger partial charge in [-0.25, -0.2) is 8.42 Å². The minimum atomic E-state index is -3.48. The topological polar surface area (TPSA) is 55.4 Å². The third-order valence-electron chi connectivity index (χ3n) is 6.27. The van der Waals surface area contributed by atoms with Crippen LogP contribution in [0.1, 0.15) is 75.1 Å². The highest BCUT2D eigenvalue weighted by atomic mass is 79.9. The molecule has 2 aromatic carbocycles. The first-order valence-corrected chi connectivity index (χ1v) is 14.0. The van der Waals surface area contributed by atoms with E-state index in [0.717, 1.165) is 55.2 Å². The molecule has 1 N–H and O–H groups in total. The van der Waals surface area contributed by atoms with Crippen LogP contribution in [0.3, 0.4) is 0 Å². The molecule has 6 heteroatoms. The summed E-state index contributed by atoms with van der Waals surface area (Å²) in [6.45, 7) is 4.32. The van der Waals surface area contributed by atoms with E-state index in [9.17, 15) is 8.42 Å². The molecule has 1 heterocycles. The highest BCUT2D eigenvalue weighted by molar-refractivity contribution is 9.08. The molecule has 0 saturated heterocycles. The van der Waals surface area contributed by atoms with Gasteiger partial charge in [-0.1, -0.05) is 85.8 Å². The monoisotopic (exact) mass is 507 g/mol. The third kappa shape index (κ3) is 5.35. The van der Waals surface area contributed by atoms with Crippen molar-refractivity contribution in [2.75, 3.05) is 12.9 Å². The second-order valence-corrected chi connectivity index (χ2v) is 11.1. The van der Waals surface area contributed by atoms with Crippen LogP contribution in [0.4, 0.5) is 0 Å². The molecule has 0 aromatic heterocycles. The minimum absolute atomic E-state index is 0.129. The number of halogens is 1. The van der Waals surface area contributed by atoms with Gasteiger partial charge in [-0.3, -0.25) is 5.32 Å². The summed E-state index contributed by atoms with van der Waals surface area (Å²) in [5, 5.41) is 4.41. The van der Waals surface area contributed by atoms with E-state index in [1.807, 2.05) is 30.3 Å². The van der Waals surface area contributed by atoms with Crippen LogP contribution in [-0.4, -0.2) is 26.8 Å². The number of rotatable bonds is 9. The molecule has 1 aliphatic heterocycles. The maximum Gasteiger partial charge on any atom is 0.180 e. The van der Waals surface area contributed by atoms with Crippen molar-refractivity contribution in [2.45, 2.75) is 74.2 Å². The van der Waals surface area contributed by atoms with E-state index < -0.39 is 15.4 Å². The predicted octanol–water partition coefficient (Wildman–Crippen LogP) is 6.18. The average molecular weight is 509 g/mol. The number of fused-ring (bicyclic) bond motifs is 1. The Labute approximate surface area is 195 Å². The first-order chi connectivity index (χ1) is 14.9. The number of ether oxygens (including phenoxy) is 1.